The fourth-order valence-corrected chi connectivity index (χ4v) is 3.89. The Kier molecular flexibility index (Phi) is 9.51. The maximum atomic E-state index is 11.4. The van der Waals surface area contributed by atoms with E-state index in [0.29, 0.717) is 19.5 Å². The van der Waals surface area contributed by atoms with Crippen molar-refractivity contribution in [1.29, 1.82) is 0 Å². The van der Waals surface area contributed by atoms with E-state index in [4.69, 9.17) is 15.3 Å². The van der Waals surface area contributed by atoms with Gasteiger partial charge in [0.05, 0.1) is 6.04 Å². The van der Waals surface area contributed by atoms with Crippen LogP contribution in [0.4, 0.5) is 4.79 Å². The van der Waals surface area contributed by atoms with Gasteiger partial charge in [-0.1, -0.05) is 5.06 Å². The van der Waals surface area contributed by atoms with Gasteiger partial charge in [-0.15, -0.1) is 9.22 Å². The molecule has 3 rings (SSSR count). The van der Waals surface area contributed by atoms with E-state index in [0.717, 1.165) is 57.0 Å². The number of rotatable bonds is 8. The number of piperazine rings is 1. The predicted molar refractivity (Wildman–Crippen MR) is 108 cm³/mol. The van der Waals surface area contributed by atoms with Gasteiger partial charge in [0.15, 0.2) is 0 Å². The number of hydroxylamine groups is 4. The quantitative estimate of drug-likeness (QED) is 0.101. The molecule has 2 amide bonds. The number of piperidine rings is 1. The van der Waals surface area contributed by atoms with E-state index in [1.165, 1.54) is 9.75 Å². The minimum atomic E-state index is -4.60. The van der Waals surface area contributed by atoms with Crippen LogP contribution in [0.15, 0.2) is 0 Å². The second-order valence-electron chi connectivity index (χ2n) is 7.52. The average Bonchev–Trinajstić information content (AvgIpc) is 2.88. The summed E-state index contributed by atoms with van der Waals surface area (Å²) in [5, 5.41) is 5.64. The van der Waals surface area contributed by atoms with Crippen LogP contribution in [0.25, 0.3) is 0 Å². The fourth-order valence-electron chi connectivity index (χ4n) is 3.50. The van der Waals surface area contributed by atoms with Crippen LogP contribution >= 0.6 is 0 Å². The minimum Gasteiger partial charge on any atom is -0.321 e. The summed E-state index contributed by atoms with van der Waals surface area (Å²) >= 11 is 0. The molecule has 3 saturated heterocycles. The Bertz CT molecular complexity index is 684. The molecule has 0 radical (unpaired) electrons. The molecule has 1 atom stereocenters. The molecule has 3 fully saturated rings. The number of urea groups is 1. The molecule has 0 aromatic rings. The fraction of sp³-hybridized carbons (Fsp3) is 0.875. The van der Waals surface area contributed by atoms with Gasteiger partial charge < -0.3 is 15.1 Å². The lowest BCUT2D eigenvalue weighted by molar-refractivity contribution is -0.840. The maximum Gasteiger partial charge on any atom is 0.418 e. The van der Waals surface area contributed by atoms with Gasteiger partial charge in [0, 0.05) is 59.8 Å². The highest BCUT2D eigenvalue weighted by atomic mass is 32.3. The average molecular weight is 453 g/mol. The number of hydrogen-bond acceptors (Lipinski definition) is 9. The van der Waals surface area contributed by atoms with Crippen LogP contribution in [0.2, 0.25) is 0 Å². The Morgan fingerprint density at radius 2 is 2.03 bits per heavy atom. The second kappa shape index (κ2) is 11.6. The molecule has 0 spiro atoms. The van der Waals surface area contributed by atoms with E-state index in [9.17, 15) is 13.2 Å². The maximum absolute atomic E-state index is 11.4. The molecule has 14 heteroatoms. The lowest BCUT2D eigenvalue weighted by Gasteiger charge is -2.26. The highest BCUT2D eigenvalue weighted by molar-refractivity contribution is 7.80. The molecule has 0 aromatic heterocycles. The van der Waals surface area contributed by atoms with E-state index < -0.39 is 16.4 Å². The standard InChI is InChI=1S/C10H24N5O.C6H10N2O5S/c1-13(2)16-15(11)8-4-3-7-14-9-5-12-6-10-14;9-6-7-3-1-2-5(4-7)8(6)13-14(10,11)12/h8,12H,3-7,9-11H2,1-2H3;5H,1-4H2,(H,10,11,12)/q+1;/b15-8+;/t;5-/m.1/s1. The lowest BCUT2D eigenvalue weighted by Crippen LogP contribution is -2.43. The Morgan fingerprint density at radius 1 is 1.33 bits per heavy atom. The monoisotopic (exact) mass is 452 g/mol. The number of amides is 2. The number of nitrogens with zero attached hydrogens (tertiary/aromatic N) is 5. The van der Waals surface area contributed by atoms with E-state index in [1.807, 2.05) is 6.21 Å². The van der Waals surface area contributed by atoms with Crippen molar-refractivity contribution in [3.63, 3.8) is 0 Å². The Labute approximate surface area is 177 Å². The summed E-state index contributed by atoms with van der Waals surface area (Å²) < 4.78 is 33.5. The van der Waals surface area contributed by atoms with Crippen LogP contribution < -0.4 is 11.2 Å². The van der Waals surface area contributed by atoms with Gasteiger partial charge in [-0.3, -0.25) is 4.55 Å². The van der Waals surface area contributed by atoms with Gasteiger partial charge in [0.2, 0.25) is 6.21 Å². The number of carbonyl (C=O) groups is 1. The van der Waals surface area contributed by atoms with Gasteiger partial charge in [0.1, 0.15) is 4.85 Å². The summed E-state index contributed by atoms with van der Waals surface area (Å²) in [6.45, 7) is 6.73. The third-order valence-electron chi connectivity index (χ3n) is 4.82. The zero-order chi connectivity index (χ0) is 22.1. The first kappa shape index (κ1) is 24.6. The third-order valence-corrected chi connectivity index (χ3v) is 5.17. The first-order chi connectivity index (χ1) is 14.2. The van der Waals surface area contributed by atoms with Crippen molar-refractivity contribution >= 4 is 22.6 Å². The highest BCUT2D eigenvalue weighted by Gasteiger charge is 2.42. The van der Waals surface area contributed by atoms with Crippen molar-refractivity contribution in [1.82, 2.24) is 25.2 Å². The highest BCUT2D eigenvalue weighted by Crippen LogP contribution is 2.26. The predicted octanol–water partition coefficient (Wildman–Crippen LogP) is -1.34. The van der Waals surface area contributed by atoms with Crippen molar-refractivity contribution < 1.29 is 31.8 Å². The number of fused-ring (bicyclic) bond motifs is 2. The first-order valence-corrected chi connectivity index (χ1v) is 11.4. The number of nitrogens with two attached hydrogens (primary N) is 1. The topological polar surface area (TPSA) is 144 Å². The minimum absolute atomic E-state index is 0.266. The summed E-state index contributed by atoms with van der Waals surface area (Å²) in [6.07, 6.45) is 5.43. The Hall–Kier alpha value is -1.71. The number of unbranched alkanes of at least 4 members (excludes halogenated alkanes) is 1. The molecule has 30 heavy (non-hydrogen) atoms. The zero-order valence-electron chi connectivity index (χ0n) is 17.6. The summed E-state index contributed by atoms with van der Waals surface area (Å²) in [7, 11) is -1.00. The van der Waals surface area contributed by atoms with Crippen LogP contribution in [-0.4, -0.2) is 116 Å². The Morgan fingerprint density at radius 3 is 2.63 bits per heavy atom. The van der Waals surface area contributed by atoms with Crippen molar-refractivity contribution in [3.05, 3.63) is 0 Å². The van der Waals surface area contributed by atoms with Gasteiger partial charge in [-0.25, -0.2) is 4.79 Å². The smallest absolute Gasteiger partial charge is 0.321 e. The normalized spacial score (nSPS) is 22.9. The van der Waals surface area contributed by atoms with Gasteiger partial charge in [0.25, 0.3) is 0 Å². The van der Waals surface area contributed by atoms with Crippen molar-refractivity contribution in [2.24, 2.45) is 5.84 Å². The largest absolute Gasteiger partial charge is 0.418 e. The Balaban J connectivity index is 0.000000215. The van der Waals surface area contributed by atoms with Crippen LogP contribution in [0.1, 0.15) is 25.7 Å². The van der Waals surface area contributed by atoms with Crippen LogP contribution in [0.5, 0.6) is 0 Å². The van der Waals surface area contributed by atoms with Gasteiger partial charge in [-0.2, -0.15) is 19.3 Å². The molecule has 3 heterocycles. The molecule has 2 bridgehead atoms. The van der Waals surface area contributed by atoms with E-state index >= 15 is 0 Å². The number of nitrogens with one attached hydrogen (secondary N) is 1. The molecule has 3 aliphatic heterocycles. The second-order valence-corrected chi connectivity index (χ2v) is 8.53. The molecular weight excluding hydrogens is 418 g/mol. The third kappa shape index (κ3) is 8.57. The van der Waals surface area contributed by atoms with Crippen molar-refractivity contribution in [2.75, 3.05) is 59.9 Å². The molecule has 0 unspecified atom stereocenters. The van der Waals surface area contributed by atoms with Crippen LogP contribution in [0, 0.1) is 0 Å². The summed E-state index contributed by atoms with van der Waals surface area (Å²) in [6, 6.07) is -0.761. The molecule has 174 valence electrons. The molecule has 3 aliphatic rings. The summed E-state index contributed by atoms with van der Waals surface area (Å²) in [4.78, 5) is 21.8. The van der Waals surface area contributed by atoms with Gasteiger partial charge >= 0.3 is 16.4 Å². The number of hydrazone groups is 1. The molecule has 0 saturated carbocycles. The van der Waals surface area contributed by atoms with Crippen molar-refractivity contribution in [3.8, 4) is 0 Å². The summed E-state index contributed by atoms with van der Waals surface area (Å²) in [5.74, 6) is 5.58. The molecule has 4 N–H and O–H groups in total. The van der Waals surface area contributed by atoms with E-state index in [1.54, 1.807) is 19.2 Å². The number of hydrogen-bond donors (Lipinski definition) is 3. The first-order valence-electron chi connectivity index (χ1n) is 10.1. The van der Waals surface area contributed by atoms with Crippen molar-refractivity contribution in [2.45, 2.75) is 31.7 Å². The van der Waals surface area contributed by atoms with E-state index in [-0.39, 0.29) is 6.04 Å². The molecule has 0 aromatic carbocycles. The SMILES string of the molecule is CN(C)O/[N+](N)=C/CCCN1CCNCC1.O=C1N2CCC[C@H](C2)N1OS(=O)(=O)O. The lowest BCUT2D eigenvalue weighted by atomic mass is 10.1. The van der Waals surface area contributed by atoms with E-state index in [2.05, 4.69) is 14.5 Å². The van der Waals surface area contributed by atoms with Gasteiger partial charge in [-0.05, 0) is 25.8 Å². The molecular formula is C16H34N7O6S+. The molecule has 13 nitrogen and oxygen atoms in total. The number of carbonyl (C=O) groups excluding carboxylic acids is 1. The van der Waals surface area contributed by atoms with Crippen LogP contribution in [0.3, 0.4) is 0 Å². The molecule has 0 aliphatic carbocycles. The zero-order valence-corrected chi connectivity index (χ0v) is 18.5. The van der Waals surface area contributed by atoms with Crippen LogP contribution in [-0.2, 0) is 19.6 Å². The number of hydrazine groups is 1. The summed E-state index contributed by atoms with van der Waals surface area (Å²) in [5.41, 5.74) is 0.